The number of rotatable bonds is 0. The van der Waals surface area contributed by atoms with E-state index in [0.717, 1.165) is 3.91 Å². The molecule has 0 amide bonds. The van der Waals surface area contributed by atoms with Crippen molar-refractivity contribution in [3.8, 4) is 0 Å². The van der Waals surface area contributed by atoms with Crippen molar-refractivity contribution < 1.29 is 21.1 Å². The molecule has 0 aromatic carbocycles. The van der Waals surface area contributed by atoms with E-state index in [-0.39, 0.29) is 0 Å². The number of aromatic nitrogens is 2. The van der Waals surface area contributed by atoms with Crippen molar-refractivity contribution in [1.29, 1.82) is 0 Å². The van der Waals surface area contributed by atoms with E-state index in [2.05, 4.69) is 30.7 Å². The summed E-state index contributed by atoms with van der Waals surface area (Å²) in [7, 11) is 0. The van der Waals surface area contributed by atoms with Crippen LogP contribution in [0.4, 0.5) is 0 Å². The summed E-state index contributed by atoms with van der Waals surface area (Å²) in [6, 6.07) is 0. The zero-order valence-corrected chi connectivity index (χ0v) is 5.66. The Kier molecular flexibility index (Phi) is 1.37. The van der Waals surface area contributed by atoms with Crippen LogP contribution in [-0.4, -0.2) is 9.59 Å². The van der Waals surface area contributed by atoms with E-state index < -0.39 is 0 Å². The summed E-state index contributed by atoms with van der Waals surface area (Å²) in [5.41, 5.74) is 0. The van der Waals surface area contributed by atoms with Crippen LogP contribution >= 0.6 is 11.5 Å². The fourth-order valence-corrected chi connectivity index (χ4v) is 1.05. The Morgan fingerprint density at radius 2 is 2.67 bits per heavy atom. The zero-order chi connectivity index (χ0) is 4.41. The molecular weight excluding hydrogens is 281 g/mol. The normalized spacial score (nSPS) is 9.00. The number of hydrogen-bond acceptors (Lipinski definition) is 3. The molecule has 1 rings (SSSR count). The van der Waals surface area contributed by atoms with Gasteiger partial charge in [-0.1, -0.05) is 0 Å². The van der Waals surface area contributed by atoms with Gasteiger partial charge in [-0.2, -0.15) is 0 Å². The minimum absolute atomic E-state index is 0.944. The summed E-state index contributed by atoms with van der Waals surface area (Å²) in [6.45, 7) is 0. The van der Waals surface area contributed by atoms with Gasteiger partial charge in [-0.15, -0.1) is 0 Å². The fourth-order valence-electron chi connectivity index (χ4n) is 0.146. The third kappa shape index (κ3) is 0.879. The van der Waals surface area contributed by atoms with Crippen LogP contribution in [0.5, 0.6) is 0 Å². The molecule has 0 atom stereocenters. The molecule has 0 saturated heterocycles. The molecule has 0 aliphatic rings. The predicted molar refractivity (Wildman–Crippen MR) is 19.5 cm³/mol. The van der Waals surface area contributed by atoms with E-state index >= 15 is 0 Å². The van der Waals surface area contributed by atoms with E-state index in [1.807, 2.05) is 5.38 Å². The molecule has 0 aliphatic heterocycles. The first-order valence-corrected chi connectivity index (χ1v) is 3.20. The van der Waals surface area contributed by atoms with Gasteiger partial charge in [-0.3, -0.25) is 0 Å². The Labute approximate surface area is 51.7 Å². The van der Waals surface area contributed by atoms with Crippen LogP contribution in [0.25, 0.3) is 0 Å². The predicted octanol–water partition coefficient (Wildman–Crippen LogP) is -0.290. The Morgan fingerprint density at radius 3 is 2.83 bits per heavy atom. The summed E-state index contributed by atoms with van der Waals surface area (Å²) in [5.74, 6) is 0. The molecule has 6 heavy (non-hydrogen) atoms. The van der Waals surface area contributed by atoms with Crippen molar-refractivity contribution in [2.75, 3.05) is 0 Å². The second-order valence-corrected chi connectivity index (χ2v) is 2.41. The van der Waals surface area contributed by atoms with Crippen LogP contribution in [0.2, 0.25) is 0 Å². The first-order valence-electron chi connectivity index (χ1n) is 1.28. The monoisotopic (exact) mass is 282 g/mol. The van der Waals surface area contributed by atoms with Gasteiger partial charge in [0.25, 0.3) is 0 Å². The van der Waals surface area contributed by atoms with Crippen molar-refractivity contribution in [2.24, 2.45) is 0 Å². The first kappa shape index (κ1) is 4.46. The topological polar surface area (TPSA) is 25.8 Å². The Bertz CT molecular complexity index is 115. The van der Waals surface area contributed by atoms with Gasteiger partial charge in [0.2, 0.25) is 0 Å². The molecule has 0 aliphatic carbocycles. The molecule has 0 radical (unpaired) electrons. The number of hydrogen-bond donors (Lipinski definition) is 0. The van der Waals surface area contributed by atoms with Gasteiger partial charge in [0.1, 0.15) is 0 Å². The standard InChI is InChI=1S/C2HN2S.Au/c1-2-5-4-3-1;/h2H;. The van der Waals surface area contributed by atoms with E-state index in [4.69, 9.17) is 0 Å². The Morgan fingerprint density at radius 1 is 1.83 bits per heavy atom. The van der Waals surface area contributed by atoms with Gasteiger partial charge in [-0.05, 0) is 0 Å². The van der Waals surface area contributed by atoms with Crippen LogP contribution in [0, 0.1) is 0 Å². The van der Waals surface area contributed by atoms with Crippen LogP contribution < -0.4 is 3.91 Å². The molecule has 0 N–H and O–H groups in total. The third-order valence-corrected chi connectivity index (χ3v) is 1.76. The maximum atomic E-state index is 3.66. The third-order valence-electron chi connectivity index (χ3n) is 0.317. The van der Waals surface area contributed by atoms with Gasteiger partial charge in [0, 0.05) is 0 Å². The molecule has 0 saturated carbocycles. The summed E-state index contributed by atoms with van der Waals surface area (Å²) < 4.78 is 4.54. The minimum atomic E-state index is 0.944. The van der Waals surface area contributed by atoms with Crippen LogP contribution in [-0.2, 0) is 21.1 Å². The SMILES string of the molecule is [Au][c]1csnn1. The maximum absolute atomic E-state index is 3.66. The summed E-state index contributed by atoms with van der Waals surface area (Å²) in [5, 5.41) is 5.54. The van der Waals surface area contributed by atoms with Crippen molar-refractivity contribution in [2.45, 2.75) is 0 Å². The van der Waals surface area contributed by atoms with Crippen molar-refractivity contribution in [3.63, 3.8) is 0 Å². The summed E-state index contributed by atoms with van der Waals surface area (Å²) in [6.07, 6.45) is 0. The van der Waals surface area contributed by atoms with E-state index in [0.29, 0.717) is 0 Å². The molecule has 1 aromatic heterocycles. The van der Waals surface area contributed by atoms with Crippen LogP contribution in [0.15, 0.2) is 5.38 Å². The second kappa shape index (κ2) is 1.84. The molecule has 1 aromatic rings. The molecule has 0 fully saturated rings. The molecule has 0 bridgehead atoms. The van der Waals surface area contributed by atoms with E-state index in [1.165, 1.54) is 11.5 Å². The van der Waals surface area contributed by atoms with Crippen molar-refractivity contribution in [3.05, 3.63) is 5.38 Å². The molecular formula is C2HAuN2S. The van der Waals surface area contributed by atoms with Gasteiger partial charge >= 0.3 is 51.5 Å². The van der Waals surface area contributed by atoms with E-state index in [1.54, 1.807) is 0 Å². The van der Waals surface area contributed by atoms with Gasteiger partial charge in [0.05, 0.1) is 0 Å². The molecule has 0 spiro atoms. The van der Waals surface area contributed by atoms with E-state index in [9.17, 15) is 0 Å². The Balaban J connectivity index is 3.05. The Hall–Kier alpha value is 0.300. The van der Waals surface area contributed by atoms with Gasteiger partial charge in [-0.25, -0.2) is 0 Å². The van der Waals surface area contributed by atoms with Gasteiger partial charge in [0.15, 0.2) is 0 Å². The summed E-state index contributed by atoms with van der Waals surface area (Å²) in [4.78, 5) is 0. The quantitative estimate of drug-likeness (QED) is 0.611. The molecule has 36 valence electrons. The molecule has 2 nitrogen and oxygen atoms in total. The molecule has 4 heteroatoms. The van der Waals surface area contributed by atoms with Gasteiger partial charge < -0.3 is 0 Å². The molecule has 1 heterocycles. The molecule has 0 unspecified atom stereocenters. The van der Waals surface area contributed by atoms with Crippen molar-refractivity contribution in [1.82, 2.24) is 9.59 Å². The zero-order valence-electron chi connectivity index (χ0n) is 2.68. The summed E-state index contributed by atoms with van der Waals surface area (Å²) >= 11 is 3.64. The number of nitrogens with zero attached hydrogens (tertiary/aromatic N) is 2. The first-order chi connectivity index (χ1) is 2.89. The average Bonchev–Trinajstić information content (AvgIpc) is 1.86. The fraction of sp³-hybridized carbons (Fsp3) is 0. The second-order valence-electron chi connectivity index (χ2n) is 0.688. The average molecular weight is 282 g/mol. The van der Waals surface area contributed by atoms with Crippen LogP contribution in [0.1, 0.15) is 0 Å². The van der Waals surface area contributed by atoms with Crippen molar-refractivity contribution >= 4 is 15.4 Å². The van der Waals surface area contributed by atoms with Crippen LogP contribution in [0.3, 0.4) is 0 Å².